The summed E-state index contributed by atoms with van der Waals surface area (Å²) >= 11 is 2.96. The fourth-order valence-electron chi connectivity index (χ4n) is 0.920. The van der Waals surface area contributed by atoms with Crippen molar-refractivity contribution < 1.29 is 22.7 Å². The second-order valence-electron chi connectivity index (χ2n) is 2.58. The number of halogens is 4. The highest BCUT2D eigenvalue weighted by Crippen LogP contribution is 2.31. The predicted octanol–water partition coefficient (Wildman–Crippen LogP) is 2.74. The Morgan fingerprint density at radius 2 is 2.00 bits per heavy atom. The summed E-state index contributed by atoms with van der Waals surface area (Å²) < 4.78 is 39.4. The molecule has 0 saturated heterocycles. The number of nitrogen functional groups attached to an aromatic ring is 1. The molecule has 0 bridgehead atoms. The summed E-state index contributed by atoms with van der Waals surface area (Å²) in [5.74, 6) is -0.523. The number of rotatable bonds is 2. The van der Waals surface area contributed by atoms with Gasteiger partial charge in [-0.25, -0.2) is 0 Å². The van der Waals surface area contributed by atoms with Gasteiger partial charge in [-0.15, -0.1) is 13.2 Å². The molecule has 15 heavy (non-hydrogen) atoms. The van der Waals surface area contributed by atoms with Crippen molar-refractivity contribution in [1.29, 1.82) is 0 Å². The summed E-state index contributed by atoms with van der Waals surface area (Å²) in [5.41, 5.74) is 5.36. The molecule has 82 valence electrons. The molecule has 0 amide bonds. The predicted molar refractivity (Wildman–Crippen MR) is 50.6 cm³/mol. The van der Waals surface area contributed by atoms with E-state index in [1.807, 2.05) is 0 Å². The highest BCUT2D eigenvalue weighted by atomic mass is 79.9. The molecule has 0 heterocycles. The number of anilines is 1. The highest BCUT2D eigenvalue weighted by molar-refractivity contribution is 9.10. The minimum atomic E-state index is -4.81. The molecule has 0 aliphatic carbocycles. The number of hydrogen-bond acceptors (Lipinski definition) is 3. The van der Waals surface area contributed by atoms with Crippen LogP contribution in [0.3, 0.4) is 0 Å². The third-order valence-electron chi connectivity index (χ3n) is 1.46. The van der Waals surface area contributed by atoms with Gasteiger partial charge in [0.05, 0.1) is 10.2 Å². The van der Waals surface area contributed by atoms with Crippen molar-refractivity contribution in [3.8, 4) is 5.75 Å². The Balaban J connectivity index is 3.11. The first-order valence-electron chi connectivity index (χ1n) is 3.63. The molecule has 1 rings (SSSR count). The van der Waals surface area contributed by atoms with E-state index in [1.54, 1.807) is 0 Å². The SMILES string of the molecule is Nc1cc(OC(F)(F)F)cc(C=O)c1Br. The first-order chi connectivity index (χ1) is 6.83. The highest BCUT2D eigenvalue weighted by Gasteiger charge is 2.31. The van der Waals surface area contributed by atoms with Crippen molar-refractivity contribution in [2.24, 2.45) is 0 Å². The van der Waals surface area contributed by atoms with Crippen LogP contribution in [-0.4, -0.2) is 12.6 Å². The number of ether oxygens (including phenoxy) is 1. The molecule has 0 fully saturated rings. The number of benzene rings is 1. The molecule has 1 aromatic rings. The molecule has 0 saturated carbocycles. The van der Waals surface area contributed by atoms with E-state index in [-0.39, 0.29) is 15.7 Å². The van der Waals surface area contributed by atoms with Crippen molar-refractivity contribution in [3.05, 3.63) is 22.2 Å². The van der Waals surface area contributed by atoms with E-state index in [1.165, 1.54) is 0 Å². The van der Waals surface area contributed by atoms with Crippen LogP contribution in [0.5, 0.6) is 5.75 Å². The van der Waals surface area contributed by atoms with E-state index in [4.69, 9.17) is 5.73 Å². The van der Waals surface area contributed by atoms with Crippen LogP contribution in [0.25, 0.3) is 0 Å². The summed E-state index contributed by atoms with van der Waals surface area (Å²) in [6.07, 6.45) is -4.43. The molecule has 0 aliphatic rings. The first-order valence-corrected chi connectivity index (χ1v) is 4.42. The van der Waals surface area contributed by atoms with Crippen LogP contribution in [-0.2, 0) is 0 Å². The van der Waals surface area contributed by atoms with Crippen molar-refractivity contribution >= 4 is 27.9 Å². The fourth-order valence-corrected chi connectivity index (χ4v) is 1.24. The zero-order valence-electron chi connectivity index (χ0n) is 7.14. The van der Waals surface area contributed by atoms with E-state index >= 15 is 0 Å². The van der Waals surface area contributed by atoms with Gasteiger partial charge in [0, 0.05) is 11.6 Å². The van der Waals surface area contributed by atoms with Gasteiger partial charge < -0.3 is 10.5 Å². The van der Waals surface area contributed by atoms with Gasteiger partial charge in [0.25, 0.3) is 0 Å². The zero-order chi connectivity index (χ0) is 11.6. The third-order valence-corrected chi connectivity index (χ3v) is 2.38. The van der Waals surface area contributed by atoms with Crippen LogP contribution in [0, 0.1) is 0 Å². The van der Waals surface area contributed by atoms with Crippen LogP contribution < -0.4 is 10.5 Å². The topological polar surface area (TPSA) is 52.3 Å². The lowest BCUT2D eigenvalue weighted by Crippen LogP contribution is -2.17. The van der Waals surface area contributed by atoms with Gasteiger partial charge >= 0.3 is 6.36 Å². The van der Waals surface area contributed by atoms with Gasteiger partial charge in [0.15, 0.2) is 6.29 Å². The van der Waals surface area contributed by atoms with Crippen LogP contribution in [0.15, 0.2) is 16.6 Å². The lowest BCUT2D eigenvalue weighted by Gasteiger charge is -2.10. The number of carbonyl (C=O) groups excluding carboxylic acids is 1. The lowest BCUT2D eigenvalue weighted by atomic mass is 10.2. The summed E-state index contributed by atoms with van der Waals surface area (Å²) in [6.45, 7) is 0. The average Bonchev–Trinajstić information content (AvgIpc) is 2.08. The van der Waals surface area contributed by atoms with E-state index in [2.05, 4.69) is 20.7 Å². The largest absolute Gasteiger partial charge is 0.573 e. The molecule has 0 aliphatic heterocycles. The lowest BCUT2D eigenvalue weighted by molar-refractivity contribution is -0.274. The van der Waals surface area contributed by atoms with Crippen molar-refractivity contribution in [2.75, 3.05) is 5.73 Å². The molecule has 0 aromatic heterocycles. The molecular formula is C8H5BrF3NO2. The van der Waals surface area contributed by atoms with E-state index in [0.717, 1.165) is 12.1 Å². The summed E-state index contributed by atoms with van der Waals surface area (Å²) in [4.78, 5) is 10.5. The quantitative estimate of drug-likeness (QED) is 0.671. The van der Waals surface area contributed by atoms with Gasteiger partial charge in [-0.1, -0.05) is 0 Å². The maximum Gasteiger partial charge on any atom is 0.573 e. The molecule has 1 aromatic carbocycles. The second-order valence-corrected chi connectivity index (χ2v) is 3.37. The van der Waals surface area contributed by atoms with Crippen LogP contribution in [0.2, 0.25) is 0 Å². The first kappa shape index (κ1) is 11.8. The Kier molecular flexibility index (Phi) is 3.23. The van der Waals surface area contributed by atoms with Gasteiger partial charge in [0.1, 0.15) is 5.75 Å². The number of carbonyl (C=O) groups is 1. The van der Waals surface area contributed by atoms with Crippen molar-refractivity contribution in [1.82, 2.24) is 0 Å². The molecular weight excluding hydrogens is 279 g/mol. The van der Waals surface area contributed by atoms with Crippen molar-refractivity contribution in [3.63, 3.8) is 0 Å². The van der Waals surface area contributed by atoms with Crippen LogP contribution in [0.1, 0.15) is 10.4 Å². The maximum atomic E-state index is 11.8. The van der Waals surface area contributed by atoms with Crippen LogP contribution >= 0.6 is 15.9 Å². The van der Waals surface area contributed by atoms with Gasteiger partial charge in [0.2, 0.25) is 0 Å². The molecule has 2 N–H and O–H groups in total. The summed E-state index contributed by atoms with van der Waals surface area (Å²) in [6, 6.07) is 1.92. The summed E-state index contributed by atoms with van der Waals surface area (Å²) in [5, 5.41) is 0. The summed E-state index contributed by atoms with van der Waals surface area (Å²) in [7, 11) is 0. The Morgan fingerprint density at radius 3 is 2.47 bits per heavy atom. The second kappa shape index (κ2) is 4.09. The standard InChI is InChI=1S/C8H5BrF3NO2/c9-7-4(3-14)1-5(2-6(7)13)15-8(10,11)12/h1-3H,13H2. The molecule has 7 heteroatoms. The number of aldehydes is 1. The van der Waals surface area contributed by atoms with E-state index in [0.29, 0.717) is 6.29 Å². The third kappa shape index (κ3) is 3.12. The van der Waals surface area contributed by atoms with Crippen molar-refractivity contribution in [2.45, 2.75) is 6.36 Å². The van der Waals surface area contributed by atoms with Crippen LogP contribution in [0.4, 0.5) is 18.9 Å². The maximum absolute atomic E-state index is 11.8. The molecule has 0 spiro atoms. The molecule has 0 radical (unpaired) electrons. The average molecular weight is 284 g/mol. The van der Waals surface area contributed by atoms with E-state index < -0.39 is 12.1 Å². The number of alkyl halides is 3. The fraction of sp³-hybridized carbons (Fsp3) is 0.125. The number of nitrogens with two attached hydrogens (primary N) is 1. The minimum absolute atomic E-state index is 0.00106. The smallest absolute Gasteiger partial charge is 0.406 e. The Morgan fingerprint density at radius 1 is 1.40 bits per heavy atom. The monoisotopic (exact) mass is 283 g/mol. The van der Waals surface area contributed by atoms with Gasteiger partial charge in [-0.05, 0) is 22.0 Å². The van der Waals surface area contributed by atoms with E-state index in [9.17, 15) is 18.0 Å². The van der Waals surface area contributed by atoms with Gasteiger partial charge in [-0.3, -0.25) is 4.79 Å². The number of hydrogen-bond donors (Lipinski definition) is 1. The normalized spacial score (nSPS) is 11.2. The molecule has 0 atom stereocenters. The minimum Gasteiger partial charge on any atom is -0.406 e. The van der Waals surface area contributed by atoms with Gasteiger partial charge in [-0.2, -0.15) is 0 Å². The Labute approximate surface area is 91.1 Å². The zero-order valence-corrected chi connectivity index (χ0v) is 8.72. The Bertz CT molecular complexity index is 392. The molecule has 3 nitrogen and oxygen atoms in total. The Hall–Kier alpha value is -1.24. The molecule has 0 unspecified atom stereocenters.